The Morgan fingerprint density at radius 1 is 1.30 bits per heavy atom. The predicted octanol–water partition coefficient (Wildman–Crippen LogP) is 2.23. The van der Waals surface area contributed by atoms with E-state index in [-0.39, 0.29) is 5.88 Å². The highest BCUT2D eigenvalue weighted by molar-refractivity contribution is 5.89. The third-order valence-electron chi connectivity index (χ3n) is 2.44. The second kappa shape index (κ2) is 6.33. The van der Waals surface area contributed by atoms with Crippen LogP contribution in [0.5, 0.6) is 11.6 Å². The first kappa shape index (κ1) is 13.5. The Morgan fingerprint density at radius 2 is 2.15 bits per heavy atom. The molecule has 2 rings (SSSR count). The number of hydrogen-bond donors (Lipinski definition) is 1. The average molecular weight is 272 g/mol. The number of anilines is 1. The van der Waals surface area contributed by atoms with E-state index in [4.69, 9.17) is 4.74 Å². The van der Waals surface area contributed by atoms with Crippen molar-refractivity contribution in [2.75, 3.05) is 12.4 Å². The number of hydrogen-bond acceptors (Lipinski definition) is 5. The van der Waals surface area contributed by atoms with Crippen LogP contribution in [0.15, 0.2) is 42.6 Å². The molecule has 2 aromatic rings. The standard InChI is InChI=1S/C14H12N2O4/c1-19-14(18)10-5-6-15-13(7-10)20-12-4-2-3-11(8-12)16-9-17/h2-9H,1H3,(H,16,17). The summed E-state index contributed by atoms with van der Waals surface area (Å²) in [4.78, 5) is 25.8. The molecule has 0 fully saturated rings. The van der Waals surface area contributed by atoms with E-state index < -0.39 is 5.97 Å². The van der Waals surface area contributed by atoms with E-state index in [1.54, 1.807) is 24.3 Å². The summed E-state index contributed by atoms with van der Waals surface area (Å²) >= 11 is 0. The summed E-state index contributed by atoms with van der Waals surface area (Å²) in [6, 6.07) is 9.81. The first-order chi connectivity index (χ1) is 9.72. The van der Waals surface area contributed by atoms with Crippen LogP contribution in [-0.2, 0) is 9.53 Å². The molecule has 20 heavy (non-hydrogen) atoms. The van der Waals surface area contributed by atoms with Crippen LogP contribution in [0.3, 0.4) is 0 Å². The fraction of sp³-hybridized carbons (Fsp3) is 0.0714. The van der Waals surface area contributed by atoms with Gasteiger partial charge in [-0.25, -0.2) is 9.78 Å². The number of ether oxygens (including phenoxy) is 2. The molecule has 0 aliphatic heterocycles. The van der Waals surface area contributed by atoms with E-state index in [0.29, 0.717) is 23.4 Å². The summed E-state index contributed by atoms with van der Waals surface area (Å²) in [5, 5.41) is 2.52. The van der Waals surface area contributed by atoms with E-state index in [1.807, 2.05) is 0 Å². The number of methoxy groups -OCH3 is 1. The summed E-state index contributed by atoms with van der Waals surface area (Å²) < 4.78 is 10.1. The molecule has 0 spiro atoms. The summed E-state index contributed by atoms with van der Waals surface area (Å²) in [6.45, 7) is 0. The smallest absolute Gasteiger partial charge is 0.338 e. The Hall–Kier alpha value is -2.89. The minimum absolute atomic E-state index is 0.260. The van der Waals surface area contributed by atoms with Crippen LogP contribution in [0.4, 0.5) is 5.69 Å². The molecule has 1 aromatic carbocycles. The van der Waals surface area contributed by atoms with Crippen LogP contribution in [0, 0.1) is 0 Å². The van der Waals surface area contributed by atoms with Gasteiger partial charge in [0.1, 0.15) is 5.75 Å². The predicted molar refractivity (Wildman–Crippen MR) is 71.8 cm³/mol. The molecule has 0 aliphatic carbocycles. The van der Waals surface area contributed by atoms with Crippen molar-refractivity contribution in [3.05, 3.63) is 48.2 Å². The zero-order valence-corrected chi connectivity index (χ0v) is 10.7. The topological polar surface area (TPSA) is 77.5 Å². The van der Waals surface area contributed by atoms with Crippen LogP contribution in [0.2, 0.25) is 0 Å². The second-order valence-electron chi connectivity index (χ2n) is 3.77. The van der Waals surface area contributed by atoms with Gasteiger partial charge in [0.05, 0.1) is 12.7 Å². The van der Waals surface area contributed by atoms with Gasteiger partial charge < -0.3 is 14.8 Å². The minimum atomic E-state index is -0.464. The van der Waals surface area contributed by atoms with Crippen LogP contribution in [0.1, 0.15) is 10.4 Å². The average Bonchev–Trinajstić information content (AvgIpc) is 2.47. The van der Waals surface area contributed by atoms with Crippen molar-refractivity contribution in [2.45, 2.75) is 0 Å². The van der Waals surface area contributed by atoms with Crippen molar-refractivity contribution in [3.63, 3.8) is 0 Å². The monoisotopic (exact) mass is 272 g/mol. The van der Waals surface area contributed by atoms with Gasteiger partial charge in [0.15, 0.2) is 0 Å². The Kier molecular flexibility index (Phi) is 4.28. The molecule has 1 N–H and O–H groups in total. The number of rotatable bonds is 5. The first-order valence-corrected chi connectivity index (χ1v) is 5.75. The van der Waals surface area contributed by atoms with E-state index in [9.17, 15) is 9.59 Å². The van der Waals surface area contributed by atoms with Crippen molar-refractivity contribution in [2.24, 2.45) is 0 Å². The zero-order chi connectivity index (χ0) is 14.4. The Morgan fingerprint density at radius 3 is 2.90 bits per heavy atom. The lowest BCUT2D eigenvalue weighted by molar-refractivity contribution is -0.105. The van der Waals surface area contributed by atoms with Gasteiger partial charge in [0.2, 0.25) is 12.3 Å². The molecule has 1 amide bonds. The third kappa shape index (κ3) is 3.32. The van der Waals surface area contributed by atoms with E-state index in [2.05, 4.69) is 15.0 Å². The number of carbonyl (C=O) groups is 2. The molecule has 0 saturated carbocycles. The van der Waals surface area contributed by atoms with Crippen LogP contribution < -0.4 is 10.1 Å². The fourth-order valence-corrected chi connectivity index (χ4v) is 1.55. The molecule has 0 unspecified atom stereocenters. The van der Waals surface area contributed by atoms with Crippen molar-refractivity contribution in [3.8, 4) is 11.6 Å². The minimum Gasteiger partial charge on any atom is -0.465 e. The number of aromatic nitrogens is 1. The van der Waals surface area contributed by atoms with Gasteiger partial charge in [-0.2, -0.15) is 0 Å². The summed E-state index contributed by atoms with van der Waals surface area (Å²) in [6.07, 6.45) is 2.03. The highest BCUT2D eigenvalue weighted by atomic mass is 16.5. The molecule has 0 saturated heterocycles. The highest BCUT2D eigenvalue weighted by Gasteiger charge is 2.08. The summed E-state index contributed by atoms with van der Waals surface area (Å²) in [7, 11) is 1.30. The third-order valence-corrected chi connectivity index (χ3v) is 2.44. The largest absolute Gasteiger partial charge is 0.465 e. The number of pyridine rings is 1. The van der Waals surface area contributed by atoms with Crippen molar-refractivity contribution >= 4 is 18.1 Å². The van der Waals surface area contributed by atoms with E-state index in [1.165, 1.54) is 25.4 Å². The molecule has 0 bridgehead atoms. The molecule has 0 aliphatic rings. The van der Waals surface area contributed by atoms with Gasteiger partial charge in [-0.15, -0.1) is 0 Å². The van der Waals surface area contributed by atoms with Gasteiger partial charge in [-0.05, 0) is 18.2 Å². The maximum Gasteiger partial charge on any atom is 0.338 e. The second-order valence-corrected chi connectivity index (χ2v) is 3.77. The lowest BCUT2D eigenvalue weighted by atomic mass is 10.2. The molecule has 102 valence electrons. The number of benzene rings is 1. The number of amides is 1. The lowest BCUT2D eigenvalue weighted by Crippen LogP contribution is -2.01. The number of esters is 1. The van der Waals surface area contributed by atoms with Crippen molar-refractivity contribution in [1.82, 2.24) is 4.98 Å². The van der Waals surface area contributed by atoms with Gasteiger partial charge in [0, 0.05) is 24.0 Å². The zero-order valence-electron chi connectivity index (χ0n) is 10.7. The molecular formula is C14H12N2O4. The van der Waals surface area contributed by atoms with Crippen LogP contribution >= 0.6 is 0 Å². The summed E-state index contributed by atoms with van der Waals surface area (Å²) in [5.74, 6) is 0.288. The molecule has 0 atom stereocenters. The number of nitrogens with one attached hydrogen (secondary N) is 1. The van der Waals surface area contributed by atoms with Crippen molar-refractivity contribution < 1.29 is 19.1 Å². The quantitative estimate of drug-likeness (QED) is 0.667. The maximum absolute atomic E-state index is 11.4. The summed E-state index contributed by atoms with van der Waals surface area (Å²) in [5.41, 5.74) is 0.946. The first-order valence-electron chi connectivity index (χ1n) is 5.75. The molecule has 0 radical (unpaired) electrons. The Bertz CT molecular complexity index is 628. The normalized spacial score (nSPS) is 9.65. The Labute approximate surface area is 115 Å². The van der Waals surface area contributed by atoms with Gasteiger partial charge in [-0.3, -0.25) is 4.79 Å². The molecule has 1 aromatic heterocycles. The molecule has 6 nitrogen and oxygen atoms in total. The number of nitrogens with zero attached hydrogens (tertiary/aromatic N) is 1. The van der Waals surface area contributed by atoms with Gasteiger partial charge >= 0.3 is 5.97 Å². The lowest BCUT2D eigenvalue weighted by Gasteiger charge is -2.07. The fourth-order valence-electron chi connectivity index (χ4n) is 1.55. The van der Waals surface area contributed by atoms with Crippen LogP contribution in [0.25, 0.3) is 0 Å². The molecule has 6 heteroatoms. The SMILES string of the molecule is COC(=O)c1ccnc(Oc2cccc(NC=O)c2)c1. The van der Waals surface area contributed by atoms with Crippen LogP contribution in [-0.4, -0.2) is 24.5 Å². The Balaban J connectivity index is 2.19. The van der Waals surface area contributed by atoms with Gasteiger partial charge in [0.25, 0.3) is 0 Å². The van der Waals surface area contributed by atoms with Crippen molar-refractivity contribution in [1.29, 1.82) is 0 Å². The maximum atomic E-state index is 11.4. The molecular weight excluding hydrogens is 260 g/mol. The van der Waals surface area contributed by atoms with E-state index in [0.717, 1.165) is 0 Å². The molecule has 1 heterocycles. The highest BCUT2D eigenvalue weighted by Crippen LogP contribution is 2.23. The number of carbonyl (C=O) groups excluding carboxylic acids is 2. The van der Waals surface area contributed by atoms with Gasteiger partial charge in [-0.1, -0.05) is 6.07 Å². The van der Waals surface area contributed by atoms with E-state index >= 15 is 0 Å².